The molecule has 1 atom stereocenters. The first kappa shape index (κ1) is 16.5. The number of carbonyl (C=O) groups is 3. The lowest BCUT2D eigenvalue weighted by Crippen LogP contribution is -2.43. The van der Waals surface area contributed by atoms with Crippen molar-refractivity contribution >= 4 is 29.1 Å². The van der Waals surface area contributed by atoms with E-state index in [1.54, 1.807) is 55.6 Å². The SMILES string of the molecule is COc1ccc(NC(=O)CC2NC(=O)c3ccccc3NC2=O)cc1. The number of para-hydroxylation sites is 1. The Morgan fingerprint density at radius 3 is 2.56 bits per heavy atom. The summed E-state index contributed by atoms with van der Waals surface area (Å²) in [5.74, 6) is -0.526. The highest BCUT2D eigenvalue weighted by atomic mass is 16.5. The number of rotatable bonds is 4. The molecular weight excluding hydrogens is 322 g/mol. The lowest BCUT2D eigenvalue weighted by atomic mass is 10.1. The van der Waals surface area contributed by atoms with Crippen LogP contribution in [0.3, 0.4) is 0 Å². The number of carbonyl (C=O) groups excluding carboxylic acids is 3. The van der Waals surface area contributed by atoms with Gasteiger partial charge in [0, 0.05) is 5.69 Å². The normalized spacial score (nSPS) is 16.1. The van der Waals surface area contributed by atoms with Crippen LogP contribution < -0.4 is 20.7 Å². The maximum Gasteiger partial charge on any atom is 0.254 e. The summed E-state index contributed by atoms with van der Waals surface area (Å²) >= 11 is 0. The van der Waals surface area contributed by atoms with Crippen LogP contribution in [0.1, 0.15) is 16.8 Å². The standard InChI is InChI=1S/C18H17N3O4/c1-25-12-8-6-11(7-9-12)19-16(22)10-15-18(24)20-14-5-3-2-4-13(14)17(23)21-15/h2-9,15H,10H2,1H3,(H,19,22)(H,20,24)(H,21,23). The van der Waals surface area contributed by atoms with E-state index in [4.69, 9.17) is 4.74 Å². The van der Waals surface area contributed by atoms with Gasteiger partial charge in [0.15, 0.2) is 0 Å². The lowest BCUT2D eigenvalue weighted by Gasteiger charge is -2.14. The van der Waals surface area contributed by atoms with Crippen LogP contribution in [-0.2, 0) is 9.59 Å². The zero-order valence-corrected chi connectivity index (χ0v) is 13.5. The smallest absolute Gasteiger partial charge is 0.254 e. The summed E-state index contributed by atoms with van der Waals surface area (Å²) in [6.45, 7) is 0. The first-order chi connectivity index (χ1) is 12.1. The quantitative estimate of drug-likeness (QED) is 0.791. The Morgan fingerprint density at radius 2 is 1.84 bits per heavy atom. The molecule has 0 saturated heterocycles. The minimum Gasteiger partial charge on any atom is -0.497 e. The number of methoxy groups -OCH3 is 1. The van der Waals surface area contributed by atoms with Crippen molar-refractivity contribution in [3.8, 4) is 5.75 Å². The van der Waals surface area contributed by atoms with Gasteiger partial charge in [-0.1, -0.05) is 12.1 Å². The number of ether oxygens (including phenoxy) is 1. The Morgan fingerprint density at radius 1 is 1.12 bits per heavy atom. The van der Waals surface area contributed by atoms with Crippen LogP contribution in [0.4, 0.5) is 11.4 Å². The Balaban J connectivity index is 1.67. The Bertz CT molecular complexity index is 817. The third kappa shape index (κ3) is 3.77. The highest BCUT2D eigenvalue weighted by Crippen LogP contribution is 2.19. The summed E-state index contributed by atoms with van der Waals surface area (Å²) in [5.41, 5.74) is 1.38. The fourth-order valence-corrected chi connectivity index (χ4v) is 2.53. The molecule has 3 amide bonds. The Kier molecular flexibility index (Phi) is 4.65. The van der Waals surface area contributed by atoms with Gasteiger partial charge in [0.1, 0.15) is 11.8 Å². The fraction of sp³-hybridized carbons (Fsp3) is 0.167. The number of anilines is 2. The van der Waals surface area contributed by atoms with Gasteiger partial charge in [-0.05, 0) is 36.4 Å². The largest absolute Gasteiger partial charge is 0.497 e. The molecule has 1 heterocycles. The summed E-state index contributed by atoms with van der Waals surface area (Å²) in [7, 11) is 1.55. The number of hydrogen-bond donors (Lipinski definition) is 3. The highest BCUT2D eigenvalue weighted by molar-refractivity contribution is 6.11. The van der Waals surface area contributed by atoms with E-state index in [0.29, 0.717) is 22.7 Å². The van der Waals surface area contributed by atoms with Gasteiger partial charge in [0.25, 0.3) is 5.91 Å². The maximum atomic E-state index is 12.3. The average molecular weight is 339 g/mol. The molecule has 1 unspecified atom stereocenters. The highest BCUT2D eigenvalue weighted by Gasteiger charge is 2.29. The van der Waals surface area contributed by atoms with Crippen LogP contribution in [0, 0.1) is 0 Å². The van der Waals surface area contributed by atoms with Crippen molar-refractivity contribution in [3.05, 3.63) is 54.1 Å². The van der Waals surface area contributed by atoms with Crippen molar-refractivity contribution in [1.82, 2.24) is 5.32 Å². The third-order valence-corrected chi connectivity index (χ3v) is 3.81. The van der Waals surface area contributed by atoms with Gasteiger partial charge in [-0.2, -0.15) is 0 Å². The zero-order valence-electron chi connectivity index (χ0n) is 13.5. The molecule has 0 aromatic heterocycles. The van der Waals surface area contributed by atoms with E-state index in [9.17, 15) is 14.4 Å². The summed E-state index contributed by atoms with van der Waals surface area (Å²) in [5, 5.41) is 7.95. The molecule has 0 aliphatic carbocycles. The van der Waals surface area contributed by atoms with Gasteiger partial charge in [-0.25, -0.2) is 0 Å². The molecule has 0 radical (unpaired) electrons. The molecule has 2 aromatic carbocycles. The van der Waals surface area contributed by atoms with E-state index in [1.807, 2.05) is 0 Å². The third-order valence-electron chi connectivity index (χ3n) is 3.81. The van der Waals surface area contributed by atoms with Crippen molar-refractivity contribution < 1.29 is 19.1 Å². The second-order valence-corrected chi connectivity index (χ2v) is 5.54. The number of benzene rings is 2. The second-order valence-electron chi connectivity index (χ2n) is 5.54. The van der Waals surface area contributed by atoms with Crippen molar-refractivity contribution in [2.45, 2.75) is 12.5 Å². The number of amides is 3. The Labute approximate surface area is 144 Å². The molecule has 1 aliphatic heterocycles. The van der Waals surface area contributed by atoms with Gasteiger partial charge in [-0.15, -0.1) is 0 Å². The van der Waals surface area contributed by atoms with Crippen molar-refractivity contribution in [2.75, 3.05) is 17.7 Å². The predicted octanol–water partition coefficient (Wildman–Crippen LogP) is 1.77. The predicted molar refractivity (Wildman–Crippen MR) is 92.6 cm³/mol. The minimum atomic E-state index is -0.946. The summed E-state index contributed by atoms with van der Waals surface area (Å²) in [6.07, 6.45) is -0.169. The molecule has 0 saturated carbocycles. The van der Waals surface area contributed by atoms with E-state index in [2.05, 4.69) is 16.0 Å². The van der Waals surface area contributed by atoms with E-state index in [0.717, 1.165) is 0 Å². The lowest BCUT2D eigenvalue weighted by molar-refractivity contribution is -0.122. The van der Waals surface area contributed by atoms with Gasteiger partial charge >= 0.3 is 0 Å². The molecule has 2 aromatic rings. The van der Waals surface area contributed by atoms with Crippen LogP contribution in [0.5, 0.6) is 5.75 Å². The van der Waals surface area contributed by atoms with E-state index in [1.165, 1.54) is 0 Å². The van der Waals surface area contributed by atoms with Crippen molar-refractivity contribution in [1.29, 1.82) is 0 Å². The molecule has 3 N–H and O–H groups in total. The molecular formula is C18H17N3O4. The average Bonchev–Trinajstić information content (AvgIpc) is 2.72. The van der Waals surface area contributed by atoms with Crippen LogP contribution in [0.15, 0.2) is 48.5 Å². The molecule has 7 nitrogen and oxygen atoms in total. The summed E-state index contributed by atoms with van der Waals surface area (Å²) in [6, 6.07) is 12.6. The van der Waals surface area contributed by atoms with Crippen molar-refractivity contribution in [2.24, 2.45) is 0 Å². The van der Waals surface area contributed by atoms with Crippen LogP contribution in [-0.4, -0.2) is 30.9 Å². The van der Waals surface area contributed by atoms with E-state index >= 15 is 0 Å². The number of hydrogen-bond acceptors (Lipinski definition) is 4. The van der Waals surface area contributed by atoms with Gasteiger partial charge in [-0.3, -0.25) is 14.4 Å². The van der Waals surface area contributed by atoms with Gasteiger partial charge in [0.2, 0.25) is 11.8 Å². The summed E-state index contributed by atoms with van der Waals surface area (Å²) in [4.78, 5) is 36.7. The zero-order chi connectivity index (χ0) is 17.8. The number of nitrogens with one attached hydrogen (secondary N) is 3. The molecule has 25 heavy (non-hydrogen) atoms. The van der Waals surface area contributed by atoms with Crippen LogP contribution in [0.25, 0.3) is 0 Å². The van der Waals surface area contributed by atoms with Crippen LogP contribution >= 0.6 is 0 Å². The monoisotopic (exact) mass is 339 g/mol. The molecule has 0 spiro atoms. The Hall–Kier alpha value is -3.35. The molecule has 0 fully saturated rings. The first-order valence-corrected chi connectivity index (χ1v) is 7.71. The van der Waals surface area contributed by atoms with Crippen LogP contribution in [0.2, 0.25) is 0 Å². The molecule has 3 rings (SSSR count). The topological polar surface area (TPSA) is 96.5 Å². The van der Waals surface area contributed by atoms with E-state index in [-0.39, 0.29) is 12.3 Å². The molecule has 1 aliphatic rings. The van der Waals surface area contributed by atoms with Gasteiger partial charge in [0.05, 0.1) is 24.8 Å². The second kappa shape index (κ2) is 7.04. The van der Waals surface area contributed by atoms with E-state index < -0.39 is 17.9 Å². The first-order valence-electron chi connectivity index (χ1n) is 7.71. The van der Waals surface area contributed by atoms with Gasteiger partial charge < -0.3 is 20.7 Å². The minimum absolute atomic E-state index is 0.169. The van der Waals surface area contributed by atoms with Crippen molar-refractivity contribution in [3.63, 3.8) is 0 Å². The molecule has 128 valence electrons. The molecule has 7 heteroatoms. The number of fused-ring (bicyclic) bond motifs is 1. The maximum absolute atomic E-state index is 12.3. The fourth-order valence-electron chi connectivity index (χ4n) is 2.53. The summed E-state index contributed by atoms with van der Waals surface area (Å²) < 4.78 is 5.05. The molecule has 0 bridgehead atoms.